The zero-order chi connectivity index (χ0) is 22.6. The quantitative estimate of drug-likeness (QED) is 0.571. The van der Waals surface area contributed by atoms with Crippen LogP contribution in [0.3, 0.4) is 0 Å². The van der Waals surface area contributed by atoms with Crippen molar-refractivity contribution in [1.29, 1.82) is 0 Å². The minimum atomic E-state index is -0.645. The summed E-state index contributed by atoms with van der Waals surface area (Å²) in [6, 6.07) is -0.936. The van der Waals surface area contributed by atoms with Crippen molar-refractivity contribution < 1.29 is 19.5 Å². The molecule has 4 fully saturated rings. The average molecular weight is 452 g/mol. The van der Waals surface area contributed by atoms with E-state index in [-0.39, 0.29) is 41.0 Å². The van der Waals surface area contributed by atoms with Crippen LogP contribution < -0.4 is 10.6 Å². The van der Waals surface area contributed by atoms with Gasteiger partial charge in [-0.25, -0.2) is 0 Å². The predicted octanol–water partition coefficient (Wildman–Crippen LogP) is 1.68. The minimum Gasteiger partial charge on any atom is -0.394 e. The zero-order valence-electron chi connectivity index (χ0n) is 19.1. The molecule has 7 nitrogen and oxygen atoms in total. The molecule has 0 aromatic carbocycles. The maximum absolute atomic E-state index is 13.9. The van der Waals surface area contributed by atoms with E-state index in [0.29, 0.717) is 0 Å². The summed E-state index contributed by atoms with van der Waals surface area (Å²) in [5.41, 5.74) is 0. The van der Waals surface area contributed by atoms with E-state index in [2.05, 4.69) is 17.6 Å². The lowest BCUT2D eigenvalue weighted by Gasteiger charge is -2.39. The van der Waals surface area contributed by atoms with Gasteiger partial charge in [-0.3, -0.25) is 14.4 Å². The molecule has 4 rings (SSSR count). The summed E-state index contributed by atoms with van der Waals surface area (Å²) in [7, 11) is 1.62. The van der Waals surface area contributed by atoms with E-state index in [0.717, 1.165) is 38.5 Å². The molecule has 8 heteroatoms. The maximum Gasteiger partial charge on any atom is 0.244 e. The first-order chi connectivity index (χ1) is 14.7. The number of nitrogens with one attached hydrogen (secondary N) is 2. The van der Waals surface area contributed by atoms with Gasteiger partial charge in [0.15, 0.2) is 0 Å². The number of amides is 3. The Morgan fingerprint density at radius 2 is 1.87 bits per heavy atom. The normalized spacial score (nSPS) is 38.5. The summed E-state index contributed by atoms with van der Waals surface area (Å²) < 4.78 is -0.952. The lowest BCUT2D eigenvalue weighted by molar-refractivity contribution is -0.144. The van der Waals surface area contributed by atoms with Gasteiger partial charge in [-0.2, -0.15) is 0 Å². The first kappa shape index (κ1) is 22.9. The van der Waals surface area contributed by atoms with Crippen LogP contribution in [0.15, 0.2) is 0 Å². The molecular weight excluding hydrogens is 414 g/mol. The Balaban J connectivity index is 1.74. The molecule has 3 amide bonds. The third-order valence-electron chi connectivity index (χ3n) is 8.26. The summed E-state index contributed by atoms with van der Waals surface area (Å²) in [6.45, 7) is 5.83. The number of hydrogen-bond donors (Lipinski definition) is 3. The molecule has 174 valence electrons. The second-order valence-electron chi connectivity index (χ2n) is 10.4. The second kappa shape index (κ2) is 8.25. The summed E-state index contributed by atoms with van der Waals surface area (Å²) in [6.07, 6.45) is 6.93. The predicted molar refractivity (Wildman–Crippen MR) is 120 cm³/mol. The lowest BCUT2D eigenvalue weighted by Crippen LogP contribution is -2.59. The zero-order valence-corrected chi connectivity index (χ0v) is 20.0. The fourth-order valence-corrected chi connectivity index (χ4v) is 9.07. The van der Waals surface area contributed by atoms with Crippen molar-refractivity contribution in [2.24, 2.45) is 17.8 Å². The van der Waals surface area contributed by atoms with Crippen LogP contribution in [0.1, 0.15) is 65.7 Å². The number of thioether (sulfide) groups is 1. The highest BCUT2D eigenvalue weighted by molar-refractivity contribution is 8.02. The fraction of sp³-hybridized carbons (Fsp3) is 0.870. The average Bonchev–Trinajstić information content (AvgIpc) is 3.30. The van der Waals surface area contributed by atoms with Gasteiger partial charge >= 0.3 is 0 Å². The Morgan fingerprint density at radius 3 is 2.45 bits per heavy atom. The Bertz CT molecular complexity index is 755. The molecule has 3 aliphatic heterocycles. The molecule has 1 aliphatic carbocycles. The van der Waals surface area contributed by atoms with Crippen LogP contribution in [0.25, 0.3) is 0 Å². The monoisotopic (exact) mass is 451 g/mol. The number of hydrogen-bond acceptors (Lipinski definition) is 5. The van der Waals surface area contributed by atoms with Crippen molar-refractivity contribution in [3.8, 4) is 0 Å². The number of nitrogens with zero attached hydrogens (tertiary/aromatic N) is 1. The van der Waals surface area contributed by atoms with Crippen molar-refractivity contribution in [1.82, 2.24) is 15.5 Å². The number of aliphatic hydroxyl groups excluding tert-OH is 1. The van der Waals surface area contributed by atoms with E-state index in [1.54, 1.807) is 23.7 Å². The molecule has 3 saturated heterocycles. The van der Waals surface area contributed by atoms with E-state index in [1.165, 1.54) is 6.42 Å². The third-order valence-corrected chi connectivity index (χ3v) is 10.2. The van der Waals surface area contributed by atoms with Gasteiger partial charge in [0.1, 0.15) is 6.04 Å². The van der Waals surface area contributed by atoms with Gasteiger partial charge in [0.05, 0.1) is 29.2 Å². The van der Waals surface area contributed by atoms with Gasteiger partial charge in [-0.15, -0.1) is 11.8 Å². The van der Waals surface area contributed by atoms with Gasteiger partial charge < -0.3 is 20.6 Å². The molecule has 1 saturated carbocycles. The first-order valence-corrected chi connectivity index (χ1v) is 12.7. The Kier molecular flexibility index (Phi) is 6.09. The van der Waals surface area contributed by atoms with Gasteiger partial charge in [0, 0.05) is 17.8 Å². The van der Waals surface area contributed by atoms with Crippen LogP contribution in [0.2, 0.25) is 0 Å². The van der Waals surface area contributed by atoms with Crippen LogP contribution >= 0.6 is 11.8 Å². The molecular formula is C23H37N3O4S. The maximum atomic E-state index is 13.9. The number of carbonyl (C=O) groups excluding carboxylic acids is 3. The molecule has 4 aliphatic rings. The largest absolute Gasteiger partial charge is 0.394 e. The highest BCUT2D eigenvalue weighted by Crippen LogP contribution is 2.71. The molecule has 31 heavy (non-hydrogen) atoms. The lowest BCUT2D eigenvalue weighted by atomic mass is 9.66. The summed E-state index contributed by atoms with van der Waals surface area (Å²) in [4.78, 5) is 42.3. The van der Waals surface area contributed by atoms with Crippen molar-refractivity contribution in [2.45, 2.75) is 93.3 Å². The van der Waals surface area contributed by atoms with Crippen molar-refractivity contribution in [2.75, 3.05) is 13.7 Å². The van der Waals surface area contributed by atoms with Crippen LogP contribution in [-0.2, 0) is 14.4 Å². The van der Waals surface area contributed by atoms with E-state index in [9.17, 15) is 19.5 Å². The number of carbonyl (C=O) groups is 3. The van der Waals surface area contributed by atoms with Gasteiger partial charge in [0.25, 0.3) is 0 Å². The molecule has 2 bridgehead atoms. The number of aliphatic hydroxyl groups is 1. The topological polar surface area (TPSA) is 98.7 Å². The SMILES string of the molecule is CNC(=O)[C@H]1[C@H]2C(=O)N([C@@H](CO)C(C)C)C(C(=O)NC3CCCCC3)C23CC[C@]1(C)S3. The number of likely N-dealkylation sites (tertiary alicyclic amines) is 1. The molecule has 6 atom stereocenters. The second-order valence-corrected chi connectivity index (χ2v) is 12.3. The van der Waals surface area contributed by atoms with E-state index < -0.39 is 28.7 Å². The first-order valence-electron chi connectivity index (χ1n) is 11.9. The summed E-state index contributed by atoms with van der Waals surface area (Å²) in [5, 5.41) is 16.2. The van der Waals surface area contributed by atoms with Crippen LogP contribution in [-0.4, -0.2) is 69.0 Å². The van der Waals surface area contributed by atoms with Gasteiger partial charge in [0.2, 0.25) is 17.7 Å². The van der Waals surface area contributed by atoms with Crippen molar-refractivity contribution in [3.63, 3.8) is 0 Å². The van der Waals surface area contributed by atoms with Crippen molar-refractivity contribution >= 4 is 29.5 Å². The van der Waals surface area contributed by atoms with Crippen LogP contribution in [0.5, 0.6) is 0 Å². The van der Waals surface area contributed by atoms with E-state index in [1.807, 2.05) is 13.8 Å². The summed E-state index contributed by atoms with van der Waals surface area (Å²) in [5.74, 6) is -1.33. The third kappa shape index (κ3) is 3.39. The highest BCUT2D eigenvalue weighted by atomic mass is 32.2. The van der Waals surface area contributed by atoms with Crippen LogP contribution in [0, 0.1) is 17.8 Å². The van der Waals surface area contributed by atoms with E-state index >= 15 is 0 Å². The standard InChI is InChI=1S/C23H37N3O4S/c1-13(2)15(12-27)26-18(20(29)25-14-8-6-5-7-9-14)23-11-10-22(3,31-23)16(19(28)24-4)17(23)21(26)30/h13-18,27H,5-12H2,1-4H3,(H,24,28)(H,25,29)/t15-,16+,17-,18?,22-,23?/m0/s1. The Labute approximate surface area is 189 Å². The molecule has 0 radical (unpaired) electrons. The van der Waals surface area contributed by atoms with Gasteiger partial charge in [-0.1, -0.05) is 33.1 Å². The molecule has 0 aromatic heterocycles. The van der Waals surface area contributed by atoms with Crippen molar-refractivity contribution in [3.05, 3.63) is 0 Å². The molecule has 0 aromatic rings. The highest BCUT2D eigenvalue weighted by Gasteiger charge is 2.77. The fourth-order valence-electron chi connectivity index (χ4n) is 6.72. The van der Waals surface area contributed by atoms with Gasteiger partial charge in [-0.05, 0) is 38.5 Å². The Hall–Kier alpha value is -1.28. The number of fused-ring (bicyclic) bond motifs is 1. The molecule has 2 unspecified atom stereocenters. The molecule has 3 heterocycles. The molecule has 1 spiro atoms. The van der Waals surface area contributed by atoms with Crippen LogP contribution in [0.4, 0.5) is 0 Å². The van der Waals surface area contributed by atoms with E-state index in [4.69, 9.17) is 0 Å². The Morgan fingerprint density at radius 1 is 1.19 bits per heavy atom. The smallest absolute Gasteiger partial charge is 0.244 e. The number of rotatable bonds is 6. The summed E-state index contributed by atoms with van der Waals surface area (Å²) >= 11 is 1.68. The minimum absolute atomic E-state index is 0.00500. The molecule has 3 N–H and O–H groups in total.